The van der Waals surface area contributed by atoms with Crippen molar-refractivity contribution in [3.8, 4) is 0 Å². The smallest absolute Gasteiger partial charge is 0.123 e. The Morgan fingerprint density at radius 3 is 2.55 bits per heavy atom. The summed E-state index contributed by atoms with van der Waals surface area (Å²) >= 11 is 6.43. The minimum absolute atomic E-state index is 0.0944. The summed E-state index contributed by atoms with van der Waals surface area (Å²) in [5, 5.41) is 4.14. The van der Waals surface area contributed by atoms with Gasteiger partial charge in [0, 0.05) is 5.02 Å². The summed E-state index contributed by atoms with van der Waals surface area (Å²) in [7, 11) is 0. The first-order valence-electron chi connectivity index (χ1n) is 6.79. The Morgan fingerprint density at radius 2 is 1.85 bits per heavy atom. The molecule has 0 aliphatic carbocycles. The summed E-state index contributed by atoms with van der Waals surface area (Å²) in [5.74, 6) is -0.225. The third-order valence-electron chi connectivity index (χ3n) is 3.49. The fourth-order valence-electron chi connectivity index (χ4n) is 2.41. The van der Waals surface area contributed by atoms with Crippen LogP contribution in [0.5, 0.6) is 0 Å². The summed E-state index contributed by atoms with van der Waals surface area (Å²) in [6.07, 6.45) is 0. The molecule has 0 heterocycles. The molecular weight excluding hydrogens is 273 g/mol. The fraction of sp³-hybridized carbons (Fsp3) is 0.294. The monoisotopic (exact) mass is 291 g/mol. The number of halogens is 2. The van der Waals surface area contributed by atoms with E-state index >= 15 is 0 Å². The Balaban J connectivity index is 2.56. The van der Waals surface area contributed by atoms with E-state index in [1.54, 1.807) is 12.1 Å². The number of nitrogens with one attached hydrogen (secondary N) is 1. The highest BCUT2D eigenvalue weighted by Gasteiger charge is 2.19. The Morgan fingerprint density at radius 1 is 1.10 bits per heavy atom. The van der Waals surface area contributed by atoms with Crippen molar-refractivity contribution in [3.63, 3.8) is 0 Å². The topological polar surface area (TPSA) is 12.0 Å². The SMILES string of the molecule is CCNC(c1cc(F)ccc1C)c1cccc(C)c1Cl. The molecule has 0 bridgehead atoms. The van der Waals surface area contributed by atoms with E-state index in [0.717, 1.165) is 33.8 Å². The molecule has 1 N–H and O–H groups in total. The van der Waals surface area contributed by atoms with Gasteiger partial charge < -0.3 is 5.32 Å². The first-order valence-corrected chi connectivity index (χ1v) is 7.16. The quantitative estimate of drug-likeness (QED) is 0.853. The normalized spacial score (nSPS) is 12.4. The van der Waals surface area contributed by atoms with Crippen LogP contribution in [0.4, 0.5) is 4.39 Å². The number of hydrogen-bond donors (Lipinski definition) is 1. The van der Waals surface area contributed by atoms with E-state index in [0.29, 0.717) is 0 Å². The van der Waals surface area contributed by atoms with Gasteiger partial charge >= 0.3 is 0 Å². The maximum Gasteiger partial charge on any atom is 0.123 e. The molecule has 20 heavy (non-hydrogen) atoms. The third kappa shape index (κ3) is 3.02. The maximum absolute atomic E-state index is 13.6. The van der Waals surface area contributed by atoms with E-state index in [-0.39, 0.29) is 11.9 Å². The second-order valence-corrected chi connectivity index (χ2v) is 5.35. The summed E-state index contributed by atoms with van der Waals surface area (Å²) in [4.78, 5) is 0. The zero-order valence-electron chi connectivity index (χ0n) is 12.0. The predicted molar refractivity (Wildman–Crippen MR) is 82.8 cm³/mol. The second-order valence-electron chi connectivity index (χ2n) is 4.97. The van der Waals surface area contributed by atoms with Gasteiger partial charge in [-0.25, -0.2) is 4.39 Å². The van der Waals surface area contributed by atoms with Crippen molar-refractivity contribution in [2.75, 3.05) is 6.54 Å². The van der Waals surface area contributed by atoms with Gasteiger partial charge in [0.05, 0.1) is 6.04 Å². The highest BCUT2D eigenvalue weighted by Crippen LogP contribution is 2.32. The van der Waals surface area contributed by atoms with Crippen molar-refractivity contribution in [3.05, 3.63) is 69.5 Å². The molecule has 0 saturated heterocycles. The van der Waals surface area contributed by atoms with Crippen LogP contribution in [0.25, 0.3) is 0 Å². The minimum Gasteiger partial charge on any atom is -0.306 e. The minimum atomic E-state index is -0.225. The van der Waals surface area contributed by atoms with Gasteiger partial charge in [-0.2, -0.15) is 0 Å². The molecular formula is C17H19ClFN. The molecule has 1 atom stereocenters. The molecule has 2 aromatic rings. The molecule has 106 valence electrons. The first kappa shape index (κ1) is 15.0. The van der Waals surface area contributed by atoms with Crippen LogP contribution in [-0.2, 0) is 0 Å². The van der Waals surface area contributed by atoms with Crippen LogP contribution < -0.4 is 5.32 Å². The second kappa shape index (κ2) is 6.38. The molecule has 0 aliphatic heterocycles. The van der Waals surface area contributed by atoms with Crippen molar-refractivity contribution < 1.29 is 4.39 Å². The highest BCUT2D eigenvalue weighted by molar-refractivity contribution is 6.32. The van der Waals surface area contributed by atoms with Gasteiger partial charge in [-0.05, 0) is 54.8 Å². The van der Waals surface area contributed by atoms with Crippen molar-refractivity contribution >= 4 is 11.6 Å². The van der Waals surface area contributed by atoms with Gasteiger partial charge in [-0.15, -0.1) is 0 Å². The third-order valence-corrected chi connectivity index (χ3v) is 4.01. The average molecular weight is 292 g/mol. The molecule has 0 aliphatic rings. The molecule has 0 radical (unpaired) electrons. The summed E-state index contributed by atoms with van der Waals surface area (Å²) in [6, 6.07) is 10.7. The van der Waals surface area contributed by atoms with Gasteiger partial charge in [-0.3, -0.25) is 0 Å². The van der Waals surface area contributed by atoms with Crippen LogP contribution in [0.15, 0.2) is 36.4 Å². The lowest BCUT2D eigenvalue weighted by Gasteiger charge is -2.22. The van der Waals surface area contributed by atoms with Gasteiger partial charge in [0.1, 0.15) is 5.82 Å². The lowest BCUT2D eigenvalue weighted by atomic mass is 9.93. The van der Waals surface area contributed by atoms with Crippen LogP contribution in [0.1, 0.15) is 35.2 Å². The number of hydrogen-bond acceptors (Lipinski definition) is 1. The lowest BCUT2D eigenvalue weighted by Crippen LogP contribution is -2.23. The molecule has 1 nitrogen and oxygen atoms in total. The summed E-state index contributed by atoms with van der Waals surface area (Å²) in [6.45, 7) is 6.78. The molecule has 0 aromatic heterocycles. The van der Waals surface area contributed by atoms with Crippen LogP contribution >= 0.6 is 11.6 Å². The molecule has 1 unspecified atom stereocenters. The summed E-state index contributed by atoms with van der Waals surface area (Å²) in [5.41, 5.74) is 4.00. The highest BCUT2D eigenvalue weighted by atomic mass is 35.5. The fourth-order valence-corrected chi connectivity index (χ4v) is 2.64. The Kier molecular flexibility index (Phi) is 4.79. The molecule has 2 aromatic carbocycles. The molecule has 0 spiro atoms. The van der Waals surface area contributed by atoms with Gasteiger partial charge in [0.15, 0.2) is 0 Å². The van der Waals surface area contributed by atoms with Gasteiger partial charge in [0.2, 0.25) is 0 Å². The van der Waals surface area contributed by atoms with Crippen molar-refractivity contribution in [2.45, 2.75) is 26.8 Å². The largest absolute Gasteiger partial charge is 0.306 e. The average Bonchev–Trinajstić information content (AvgIpc) is 2.43. The van der Waals surface area contributed by atoms with Crippen LogP contribution in [-0.4, -0.2) is 6.54 Å². The Labute approximate surface area is 124 Å². The number of benzene rings is 2. The Hall–Kier alpha value is -1.38. The van der Waals surface area contributed by atoms with E-state index in [2.05, 4.69) is 5.32 Å². The predicted octanol–water partition coefficient (Wildman–Crippen LogP) is 4.79. The number of rotatable bonds is 4. The zero-order valence-corrected chi connectivity index (χ0v) is 12.8. The first-order chi connectivity index (χ1) is 9.54. The summed E-state index contributed by atoms with van der Waals surface area (Å²) < 4.78 is 13.6. The van der Waals surface area contributed by atoms with E-state index in [9.17, 15) is 4.39 Å². The van der Waals surface area contributed by atoms with E-state index in [1.165, 1.54) is 6.07 Å². The van der Waals surface area contributed by atoms with Crippen molar-refractivity contribution in [1.29, 1.82) is 0 Å². The van der Waals surface area contributed by atoms with Crippen LogP contribution in [0.2, 0.25) is 5.02 Å². The van der Waals surface area contributed by atoms with Crippen LogP contribution in [0, 0.1) is 19.7 Å². The lowest BCUT2D eigenvalue weighted by molar-refractivity contribution is 0.600. The van der Waals surface area contributed by atoms with Gasteiger partial charge in [-0.1, -0.05) is 42.8 Å². The van der Waals surface area contributed by atoms with Crippen molar-refractivity contribution in [2.24, 2.45) is 0 Å². The Bertz CT molecular complexity index is 608. The molecule has 2 rings (SSSR count). The zero-order chi connectivity index (χ0) is 14.7. The van der Waals surface area contributed by atoms with Crippen molar-refractivity contribution in [1.82, 2.24) is 5.32 Å². The van der Waals surface area contributed by atoms with Crippen LogP contribution in [0.3, 0.4) is 0 Å². The van der Waals surface area contributed by atoms with E-state index in [1.807, 2.05) is 39.0 Å². The van der Waals surface area contributed by atoms with Gasteiger partial charge in [0.25, 0.3) is 0 Å². The molecule has 0 saturated carbocycles. The number of aryl methyl sites for hydroxylation is 2. The van der Waals surface area contributed by atoms with E-state index < -0.39 is 0 Å². The molecule has 0 amide bonds. The standard InChI is InChI=1S/C17H19ClFN/c1-4-20-17(14-7-5-6-12(3)16(14)18)15-10-13(19)9-8-11(15)2/h5-10,17,20H,4H2,1-3H3. The maximum atomic E-state index is 13.6. The molecule has 0 fully saturated rings. The van der Waals surface area contributed by atoms with E-state index in [4.69, 9.17) is 11.6 Å². The molecule has 3 heteroatoms.